The fourth-order valence-corrected chi connectivity index (χ4v) is 1.50. The van der Waals surface area contributed by atoms with E-state index in [4.69, 9.17) is 13.3 Å². The zero-order valence-electron chi connectivity index (χ0n) is 6.42. The Balaban J connectivity index is 0. The maximum absolute atomic E-state index is 4.96. The van der Waals surface area contributed by atoms with Gasteiger partial charge in [-0.2, -0.15) is 0 Å². The van der Waals surface area contributed by atoms with E-state index in [1.54, 1.807) is 27.0 Å². The quantitative estimate of drug-likeness (QED) is 0.579. The molecule has 5 heteroatoms. The minimum atomic E-state index is -2.43. The molecular formula is C5H13FO3Si. The van der Waals surface area contributed by atoms with Gasteiger partial charge in [-0.05, 0) is 5.70 Å². The van der Waals surface area contributed by atoms with Crippen LogP contribution in [0.3, 0.4) is 0 Å². The van der Waals surface area contributed by atoms with Gasteiger partial charge in [-0.25, -0.2) is 0 Å². The van der Waals surface area contributed by atoms with E-state index in [-0.39, 0.29) is 4.70 Å². The Morgan fingerprint density at radius 2 is 1.40 bits per heavy atom. The van der Waals surface area contributed by atoms with Crippen LogP contribution in [0.2, 0.25) is 0 Å². The van der Waals surface area contributed by atoms with Crippen molar-refractivity contribution in [2.24, 2.45) is 0 Å². The van der Waals surface area contributed by atoms with E-state index in [0.29, 0.717) is 0 Å². The molecule has 0 heterocycles. The Kier molecular flexibility index (Phi) is 6.90. The van der Waals surface area contributed by atoms with Crippen LogP contribution in [0, 0.1) is 0 Å². The van der Waals surface area contributed by atoms with E-state index in [1.165, 1.54) is 0 Å². The Hall–Kier alpha value is -0.233. The Bertz CT molecular complexity index is 86.6. The lowest BCUT2D eigenvalue weighted by atomic mass is 11.3. The van der Waals surface area contributed by atoms with Crippen molar-refractivity contribution in [3.05, 3.63) is 12.3 Å². The van der Waals surface area contributed by atoms with Crippen LogP contribution in [0.15, 0.2) is 12.3 Å². The van der Waals surface area contributed by atoms with E-state index >= 15 is 0 Å². The van der Waals surface area contributed by atoms with E-state index in [2.05, 4.69) is 6.58 Å². The van der Waals surface area contributed by atoms with Gasteiger partial charge in [0.2, 0.25) is 0 Å². The lowest BCUT2D eigenvalue weighted by molar-refractivity contribution is 0.138. The van der Waals surface area contributed by atoms with Crippen molar-refractivity contribution in [3.8, 4) is 0 Å². The number of rotatable bonds is 4. The molecule has 10 heavy (non-hydrogen) atoms. The summed E-state index contributed by atoms with van der Waals surface area (Å²) in [5.41, 5.74) is 1.58. The molecule has 0 saturated carbocycles. The lowest BCUT2D eigenvalue weighted by Crippen LogP contribution is -2.40. The van der Waals surface area contributed by atoms with Crippen LogP contribution in [0.4, 0.5) is 4.70 Å². The molecule has 0 atom stereocenters. The predicted molar refractivity (Wildman–Crippen MR) is 39.5 cm³/mol. The van der Waals surface area contributed by atoms with Gasteiger partial charge in [-0.3, -0.25) is 4.70 Å². The summed E-state index contributed by atoms with van der Waals surface area (Å²) in [6.07, 6.45) is 0. The van der Waals surface area contributed by atoms with E-state index < -0.39 is 8.80 Å². The van der Waals surface area contributed by atoms with E-state index in [1.807, 2.05) is 0 Å². The molecule has 3 nitrogen and oxygen atoms in total. The first-order chi connectivity index (χ1) is 4.24. The molecule has 0 radical (unpaired) electrons. The van der Waals surface area contributed by atoms with Crippen LogP contribution in [-0.2, 0) is 13.3 Å². The summed E-state index contributed by atoms with van der Waals surface area (Å²) in [4.78, 5) is 0. The van der Waals surface area contributed by atoms with Crippen LogP contribution in [0.5, 0.6) is 0 Å². The molecule has 0 aliphatic heterocycles. The summed E-state index contributed by atoms with van der Waals surface area (Å²) in [5.74, 6) is 0. The molecule has 0 amide bonds. The second kappa shape index (κ2) is 5.54. The number of hydrogen-bond donors (Lipinski definition) is 0. The van der Waals surface area contributed by atoms with Crippen molar-refractivity contribution in [2.45, 2.75) is 0 Å². The summed E-state index contributed by atoms with van der Waals surface area (Å²) >= 11 is 0. The van der Waals surface area contributed by atoms with Crippen molar-refractivity contribution < 1.29 is 18.0 Å². The first kappa shape index (κ1) is 12.4. The van der Waals surface area contributed by atoms with Crippen molar-refractivity contribution in [1.29, 1.82) is 0 Å². The maximum Gasteiger partial charge on any atom is 0.528 e. The molecule has 0 bridgehead atoms. The average molecular weight is 168 g/mol. The first-order valence-corrected chi connectivity index (χ1v) is 4.34. The van der Waals surface area contributed by atoms with Crippen molar-refractivity contribution in [3.63, 3.8) is 0 Å². The van der Waals surface area contributed by atoms with Crippen LogP contribution in [0.1, 0.15) is 0 Å². The lowest BCUT2D eigenvalue weighted by Gasteiger charge is -2.19. The highest BCUT2D eigenvalue weighted by molar-refractivity contribution is 6.66. The highest BCUT2D eigenvalue weighted by atomic mass is 28.4. The van der Waals surface area contributed by atoms with Gasteiger partial charge in [-0.15, -0.1) is 0 Å². The van der Waals surface area contributed by atoms with Crippen LogP contribution in [-0.4, -0.2) is 30.1 Å². The van der Waals surface area contributed by atoms with Crippen molar-refractivity contribution >= 4 is 8.80 Å². The third-order valence-corrected chi connectivity index (χ3v) is 3.31. The van der Waals surface area contributed by atoms with Gasteiger partial charge < -0.3 is 13.3 Å². The minimum Gasteiger partial charge on any atom is -0.374 e. The molecule has 0 aromatic carbocycles. The Morgan fingerprint density at radius 3 is 1.40 bits per heavy atom. The third kappa shape index (κ3) is 2.57. The highest BCUT2D eigenvalue weighted by Gasteiger charge is 2.33. The SMILES string of the molecule is C=C[Si](OC)(OC)OC.F. The van der Waals surface area contributed by atoms with Crippen LogP contribution in [0.25, 0.3) is 0 Å². The molecule has 0 rings (SSSR count). The Labute approximate surface area is 61.3 Å². The third-order valence-electron chi connectivity index (χ3n) is 1.10. The summed E-state index contributed by atoms with van der Waals surface area (Å²) in [6, 6.07) is 0. The summed E-state index contributed by atoms with van der Waals surface area (Å²) in [6.45, 7) is 3.53. The van der Waals surface area contributed by atoms with Crippen LogP contribution < -0.4 is 0 Å². The molecule has 0 unspecified atom stereocenters. The largest absolute Gasteiger partial charge is 0.528 e. The molecule has 62 valence electrons. The monoisotopic (exact) mass is 168 g/mol. The molecule has 0 aromatic rings. The maximum atomic E-state index is 4.96. The summed E-state index contributed by atoms with van der Waals surface area (Å²) < 4.78 is 14.9. The average Bonchev–Trinajstić information content (AvgIpc) is 1.95. The van der Waals surface area contributed by atoms with Gasteiger partial charge in [0.1, 0.15) is 0 Å². The highest BCUT2D eigenvalue weighted by Crippen LogP contribution is 2.04. The topological polar surface area (TPSA) is 27.7 Å². The second-order valence-corrected chi connectivity index (χ2v) is 4.26. The number of hydrogen-bond acceptors (Lipinski definition) is 3. The van der Waals surface area contributed by atoms with Gasteiger partial charge in [0.15, 0.2) is 0 Å². The molecule has 0 aromatic heterocycles. The summed E-state index contributed by atoms with van der Waals surface area (Å²) in [5, 5.41) is 0. The molecule has 0 N–H and O–H groups in total. The molecule has 0 aliphatic carbocycles. The van der Waals surface area contributed by atoms with Gasteiger partial charge in [0.25, 0.3) is 0 Å². The van der Waals surface area contributed by atoms with Gasteiger partial charge in [0.05, 0.1) is 0 Å². The van der Waals surface area contributed by atoms with E-state index in [9.17, 15) is 0 Å². The standard InChI is InChI=1S/C5H12O3Si.FH/c1-5-9(6-2,7-3)8-4;/h5H,1H2,2-4H3;1H. The minimum absolute atomic E-state index is 0. The zero-order valence-corrected chi connectivity index (χ0v) is 7.42. The van der Waals surface area contributed by atoms with Gasteiger partial charge >= 0.3 is 8.80 Å². The first-order valence-electron chi connectivity index (χ1n) is 2.53. The molecule has 0 saturated heterocycles. The second-order valence-electron chi connectivity index (χ2n) is 1.42. The molecular weight excluding hydrogens is 155 g/mol. The van der Waals surface area contributed by atoms with E-state index in [0.717, 1.165) is 0 Å². The predicted octanol–water partition coefficient (Wildman–Crippen LogP) is 0.742. The smallest absolute Gasteiger partial charge is 0.374 e. The molecule has 0 fully saturated rings. The fraction of sp³-hybridized carbons (Fsp3) is 0.600. The van der Waals surface area contributed by atoms with Crippen molar-refractivity contribution in [1.82, 2.24) is 0 Å². The number of halogens is 1. The fourth-order valence-electron chi connectivity index (χ4n) is 0.500. The summed E-state index contributed by atoms with van der Waals surface area (Å²) in [7, 11) is 2.20. The van der Waals surface area contributed by atoms with Crippen LogP contribution >= 0.6 is 0 Å². The van der Waals surface area contributed by atoms with Gasteiger partial charge in [0, 0.05) is 21.3 Å². The van der Waals surface area contributed by atoms with Gasteiger partial charge in [-0.1, -0.05) is 6.58 Å². The zero-order chi connectivity index (χ0) is 7.33. The molecule has 0 aliphatic rings. The molecule has 0 spiro atoms. The van der Waals surface area contributed by atoms with Crippen molar-refractivity contribution in [2.75, 3.05) is 21.3 Å². The Morgan fingerprint density at radius 1 is 1.10 bits per heavy atom. The normalized spacial score (nSPS) is 10.3.